The first-order valence-electron chi connectivity index (χ1n) is 14.2. The van der Waals surface area contributed by atoms with E-state index in [0.717, 1.165) is 44.4 Å². The highest BCUT2D eigenvalue weighted by Gasteiger charge is 2.61. The van der Waals surface area contributed by atoms with Gasteiger partial charge in [-0.05, 0) is 120 Å². The smallest absolute Gasteiger partial charge is 0.273 e. The van der Waals surface area contributed by atoms with Gasteiger partial charge in [-0.25, -0.2) is 0 Å². The summed E-state index contributed by atoms with van der Waals surface area (Å²) < 4.78 is 0. The SMILES string of the molecule is CC(C)(C)NC(=O)c1cnn(CC(=O)[C@H]2CC[C@H]3[C@@H]4CC[C@@H]5C[C@](C)(O)CC[C@]5(C)[C@H]4CC[C@]23C)n1. The summed E-state index contributed by atoms with van der Waals surface area (Å²) >= 11 is 0. The van der Waals surface area contributed by atoms with Gasteiger partial charge in [0.05, 0.1) is 11.8 Å². The van der Waals surface area contributed by atoms with Gasteiger partial charge in [0, 0.05) is 11.5 Å². The molecule has 4 fully saturated rings. The minimum Gasteiger partial charge on any atom is -0.390 e. The van der Waals surface area contributed by atoms with Crippen molar-refractivity contribution in [2.24, 2.45) is 40.4 Å². The number of rotatable bonds is 4. The number of aliphatic hydroxyl groups is 1. The molecule has 8 atom stereocenters. The van der Waals surface area contributed by atoms with Crippen LogP contribution in [0.5, 0.6) is 0 Å². The third-order valence-electron chi connectivity index (χ3n) is 10.9. The Kier molecular flexibility index (Phi) is 6.21. The second-order valence-corrected chi connectivity index (χ2v) is 14.5. The van der Waals surface area contributed by atoms with E-state index in [4.69, 9.17) is 0 Å². The van der Waals surface area contributed by atoms with E-state index < -0.39 is 5.60 Å². The highest BCUT2D eigenvalue weighted by atomic mass is 16.3. The number of hydrogen-bond donors (Lipinski definition) is 2. The second kappa shape index (κ2) is 8.64. The Bertz CT molecular complexity index is 1030. The Morgan fingerprint density at radius 3 is 2.47 bits per heavy atom. The van der Waals surface area contributed by atoms with Crippen molar-refractivity contribution < 1.29 is 14.7 Å². The molecule has 0 radical (unpaired) electrons. The summed E-state index contributed by atoms with van der Waals surface area (Å²) in [5.74, 6) is 2.63. The zero-order chi connectivity index (χ0) is 26.1. The molecule has 4 saturated carbocycles. The van der Waals surface area contributed by atoms with E-state index in [1.54, 1.807) is 0 Å². The number of hydrogen-bond acceptors (Lipinski definition) is 5. The van der Waals surface area contributed by atoms with Crippen LogP contribution in [0, 0.1) is 40.4 Å². The van der Waals surface area contributed by atoms with Crippen molar-refractivity contribution in [3.8, 4) is 0 Å². The third kappa shape index (κ3) is 4.43. The topological polar surface area (TPSA) is 97.1 Å². The Labute approximate surface area is 216 Å². The number of nitrogens with one attached hydrogen (secondary N) is 1. The molecule has 1 amide bonds. The van der Waals surface area contributed by atoms with E-state index in [2.05, 4.69) is 29.4 Å². The second-order valence-electron chi connectivity index (χ2n) is 14.5. The maximum Gasteiger partial charge on any atom is 0.273 e. The number of fused-ring (bicyclic) bond motifs is 5. The van der Waals surface area contributed by atoms with Crippen molar-refractivity contribution >= 4 is 11.7 Å². The van der Waals surface area contributed by atoms with Crippen LogP contribution in [-0.4, -0.2) is 42.9 Å². The van der Waals surface area contributed by atoms with Crippen molar-refractivity contribution in [2.45, 2.75) is 117 Å². The number of Topliss-reactive ketones (excluding diaryl/α,β-unsaturated/α-hetero) is 1. The number of carbonyl (C=O) groups is 2. The number of ketones is 1. The first kappa shape index (κ1) is 25.9. The van der Waals surface area contributed by atoms with Crippen molar-refractivity contribution in [1.29, 1.82) is 0 Å². The predicted molar refractivity (Wildman–Crippen MR) is 138 cm³/mol. The Morgan fingerprint density at radius 1 is 1.03 bits per heavy atom. The molecule has 1 heterocycles. The summed E-state index contributed by atoms with van der Waals surface area (Å²) in [5, 5.41) is 22.2. The molecule has 1 aromatic heterocycles. The van der Waals surface area contributed by atoms with Crippen LogP contribution in [0.2, 0.25) is 0 Å². The molecule has 7 nitrogen and oxygen atoms in total. The molecule has 7 heteroatoms. The summed E-state index contributed by atoms with van der Waals surface area (Å²) in [6.45, 7) is 12.8. The molecule has 0 aromatic carbocycles. The molecule has 0 unspecified atom stereocenters. The van der Waals surface area contributed by atoms with Gasteiger partial charge in [-0.1, -0.05) is 13.8 Å². The summed E-state index contributed by atoms with van der Waals surface area (Å²) in [5.41, 5.74) is -0.225. The van der Waals surface area contributed by atoms with Crippen LogP contribution in [0.15, 0.2) is 6.20 Å². The van der Waals surface area contributed by atoms with Crippen molar-refractivity contribution in [2.75, 3.05) is 0 Å². The highest BCUT2D eigenvalue weighted by molar-refractivity contribution is 5.92. The van der Waals surface area contributed by atoms with Crippen LogP contribution in [0.4, 0.5) is 0 Å². The maximum absolute atomic E-state index is 13.6. The fourth-order valence-corrected chi connectivity index (χ4v) is 9.09. The average Bonchev–Trinajstić information content (AvgIpc) is 3.37. The van der Waals surface area contributed by atoms with Crippen molar-refractivity contribution in [3.05, 3.63) is 11.9 Å². The fourth-order valence-electron chi connectivity index (χ4n) is 9.09. The van der Waals surface area contributed by atoms with Gasteiger partial charge in [0.2, 0.25) is 0 Å². The first-order chi connectivity index (χ1) is 16.7. The third-order valence-corrected chi connectivity index (χ3v) is 10.9. The molecule has 1 aromatic rings. The standard InChI is InChI=1S/C29H46N4O3/c1-26(2,3)31-25(35)23-16-30-33(32-23)17-24(34)22-10-9-20-19-8-7-18-15-27(4,36)13-14-28(18,5)21(19)11-12-29(20,22)6/h16,18-22,36H,7-15,17H2,1-6H3,(H,31,35)/t18-,19+,20+,21+,22-,27-,28+,29+/m1/s1. The molecule has 0 aliphatic heterocycles. The maximum atomic E-state index is 13.6. The Morgan fingerprint density at radius 2 is 1.75 bits per heavy atom. The van der Waals surface area contributed by atoms with Crippen LogP contribution in [0.3, 0.4) is 0 Å². The lowest BCUT2D eigenvalue weighted by Crippen LogP contribution is -2.55. The van der Waals surface area contributed by atoms with Gasteiger partial charge in [0.25, 0.3) is 5.91 Å². The van der Waals surface area contributed by atoms with Crippen LogP contribution in [-0.2, 0) is 11.3 Å². The molecule has 0 spiro atoms. The molecule has 4 aliphatic carbocycles. The molecule has 5 rings (SSSR count). The largest absolute Gasteiger partial charge is 0.390 e. The quantitative estimate of drug-likeness (QED) is 0.622. The number of nitrogens with zero attached hydrogens (tertiary/aromatic N) is 3. The number of aromatic nitrogens is 3. The number of carbonyl (C=O) groups excluding carboxylic acids is 2. The average molecular weight is 499 g/mol. The minimum atomic E-state index is -0.501. The van der Waals surface area contributed by atoms with E-state index in [1.165, 1.54) is 30.3 Å². The molecule has 200 valence electrons. The Hall–Kier alpha value is -1.76. The highest BCUT2D eigenvalue weighted by Crippen LogP contribution is 2.68. The van der Waals surface area contributed by atoms with Gasteiger partial charge < -0.3 is 10.4 Å². The van der Waals surface area contributed by atoms with Gasteiger partial charge in [-0.2, -0.15) is 9.90 Å². The molecular formula is C29H46N4O3. The van der Waals surface area contributed by atoms with E-state index in [1.807, 2.05) is 27.7 Å². The van der Waals surface area contributed by atoms with E-state index in [9.17, 15) is 14.7 Å². The molecule has 0 bridgehead atoms. The first-order valence-corrected chi connectivity index (χ1v) is 14.2. The van der Waals surface area contributed by atoms with E-state index in [-0.39, 0.29) is 40.8 Å². The summed E-state index contributed by atoms with van der Waals surface area (Å²) in [4.78, 5) is 27.4. The normalized spacial score (nSPS) is 42.2. The van der Waals surface area contributed by atoms with Crippen LogP contribution in [0.25, 0.3) is 0 Å². The number of amides is 1. The predicted octanol–water partition coefficient (Wildman–Crippen LogP) is 4.79. The zero-order valence-corrected chi connectivity index (χ0v) is 23.1. The van der Waals surface area contributed by atoms with E-state index in [0.29, 0.717) is 23.2 Å². The molecule has 2 N–H and O–H groups in total. The van der Waals surface area contributed by atoms with Gasteiger partial charge in [0.15, 0.2) is 11.5 Å². The summed E-state index contributed by atoms with van der Waals surface area (Å²) in [6, 6.07) is 0. The van der Waals surface area contributed by atoms with Crippen molar-refractivity contribution in [1.82, 2.24) is 20.3 Å². The molecule has 0 saturated heterocycles. The summed E-state index contributed by atoms with van der Waals surface area (Å²) in [7, 11) is 0. The monoisotopic (exact) mass is 498 g/mol. The minimum absolute atomic E-state index is 0.0407. The van der Waals surface area contributed by atoms with Crippen LogP contribution in [0.1, 0.15) is 110 Å². The summed E-state index contributed by atoms with van der Waals surface area (Å²) in [6.07, 6.45) is 11.3. The molecule has 4 aliphatic rings. The van der Waals surface area contributed by atoms with Crippen molar-refractivity contribution in [3.63, 3.8) is 0 Å². The zero-order valence-electron chi connectivity index (χ0n) is 23.1. The fraction of sp³-hybridized carbons (Fsp3) is 0.862. The van der Waals surface area contributed by atoms with Crippen LogP contribution < -0.4 is 5.32 Å². The lowest BCUT2D eigenvalue weighted by molar-refractivity contribution is -0.151. The van der Waals surface area contributed by atoms with E-state index >= 15 is 0 Å². The molecule has 36 heavy (non-hydrogen) atoms. The van der Waals surface area contributed by atoms with Gasteiger partial charge in [-0.3, -0.25) is 9.59 Å². The lowest BCUT2D eigenvalue weighted by Gasteiger charge is -2.61. The molecular weight excluding hydrogens is 452 g/mol. The van der Waals surface area contributed by atoms with Crippen LogP contribution >= 0.6 is 0 Å². The van der Waals surface area contributed by atoms with Gasteiger partial charge in [-0.15, -0.1) is 5.10 Å². The van der Waals surface area contributed by atoms with Gasteiger partial charge >= 0.3 is 0 Å². The lowest BCUT2D eigenvalue weighted by atomic mass is 9.44. The van der Waals surface area contributed by atoms with Gasteiger partial charge in [0.1, 0.15) is 6.54 Å². The Balaban J connectivity index is 1.27.